The van der Waals surface area contributed by atoms with Gasteiger partial charge in [0.15, 0.2) is 0 Å². The van der Waals surface area contributed by atoms with Crippen molar-refractivity contribution in [3.05, 3.63) is 46.8 Å². The number of alkyl halides is 3. The van der Waals surface area contributed by atoms with E-state index in [-0.39, 0.29) is 13.0 Å². The molecule has 0 spiro atoms. The molecule has 2 N–H and O–H groups in total. The van der Waals surface area contributed by atoms with Crippen molar-refractivity contribution in [2.45, 2.75) is 46.0 Å². The third-order valence-corrected chi connectivity index (χ3v) is 3.94. The molecule has 0 amide bonds. The molecule has 0 unspecified atom stereocenters. The van der Waals surface area contributed by atoms with E-state index in [2.05, 4.69) is 10.4 Å². The normalized spacial score (nSPS) is 11.8. The highest BCUT2D eigenvalue weighted by Gasteiger charge is 2.26. The summed E-state index contributed by atoms with van der Waals surface area (Å²) < 4.78 is 38.7. The van der Waals surface area contributed by atoms with Gasteiger partial charge >= 0.3 is 6.18 Å². The third kappa shape index (κ3) is 4.99. The number of aliphatic hydroxyl groups is 1. The average Bonchev–Trinajstić information content (AvgIpc) is 2.78. The summed E-state index contributed by atoms with van der Waals surface area (Å²) >= 11 is 0. The number of anilines is 1. The van der Waals surface area contributed by atoms with Gasteiger partial charge in [0.1, 0.15) is 0 Å². The maximum atomic E-state index is 12.3. The Bertz CT molecular complexity index is 680. The number of aromatic nitrogens is 2. The molecular formula is C17H22F3N3O. The van der Waals surface area contributed by atoms with Gasteiger partial charge in [-0.15, -0.1) is 0 Å². The van der Waals surface area contributed by atoms with Crippen LogP contribution in [0.3, 0.4) is 0 Å². The van der Waals surface area contributed by atoms with E-state index in [1.165, 1.54) is 0 Å². The van der Waals surface area contributed by atoms with E-state index in [9.17, 15) is 13.2 Å². The van der Waals surface area contributed by atoms with Gasteiger partial charge in [0.2, 0.25) is 0 Å². The van der Waals surface area contributed by atoms with Crippen LogP contribution in [-0.2, 0) is 19.5 Å². The van der Waals surface area contributed by atoms with Crippen molar-refractivity contribution in [3.63, 3.8) is 0 Å². The van der Waals surface area contributed by atoms with Crippen molar-refractivity contribution in [1.82, 2.24) is 9.78 Å². The second kappa shape index (κ2) is 7.70. The van der Waals surface area contributed by atoms with Gasteiger partial charge in [-0.05, 0) is 38.0 Å². The van der Waals surface area contributed by atoms with Crippen molar-refractivity contribution < 1.29 is 18.3 Å². The number of nitrogens with zero attached hydrogens (tertiary/aromatic N) is 2. The highest BCUT2D eigenvalue weighted by atomic mass is 19.4. The Hall–Kier alpha value is -2.02. The summed E-state index contributed by atoms with van der Waals surface area (Å²) in [5.41, 5.74) is 4.32. The summed E-state index contributed by atoms with van der Waals surface area (Å²) in [6.07, 6.45) is -4.98. The molecule has 4 nitrogen and oxygen atoms in total. The van der Waals surface area contributed by atoms with E-state index in [0.29, 0.717) is 18.7 Å². The molecule has 0 atom stereocenters. The molecule has 2 aromatic rings. The van der Waals surface area contributed by atoms with Crippen LogP contribution in [0.25, 0.3) is 0 Å². The maximum Gasteiger partial charge on any atom is 0.389 e. The van der Waals surface area contributed by atoms with E-state index in [4.69, 9.17) is 5.11 Å². The first-order chi connectivity index (χ1) is 11.3. The number of rotatable bonds is 7. The predicted molar refractivity (Wildman–Crippen MR) is 86.9 cm³/mol. The Balaban J connectivity index is 2.02. The minimum Gasteiger partial charge on any atom is -0.394 e. The predicted octanol–water partition coefficient (Wildman–Crippen LogP) is 3.60. The van der Waals surface area contributed by atoms with Crippen molar-refractivity contribution >= 4 is 5.69 Å². The van der Waals surface area contributed by atoms with Crippen LogP contribution in [0.15, 0.2) is 24.3 Å². The van der Waals surface area contributed by atoms with Gasteiger partial charge in [-0.3, -0.25) is 4.68 Å². The lowest BCUT2D eigenvalue weighted by atomic mass is 10.1. The lowest BCUT2D eigenvalue weighted by molar-refractivity contribution is -0.133. The van der Waals surface area contributed by atoms with Gasteiger partial charge in [-0.2, -0.15) is 18.3 Å². The summed E-state index contributed by atoms with van der Waals surface area (Å²) in [7, 11) is 0. The van der Waals surface area contributed by atoms with E-state index in [1.807, 2.05) is 19.9 Å². The Morgan fingerprint density at radius 2 is 2.00 bits per heavy atom. The molecular weight excluding hydrogens is 319 g/mol. The summed E-state index contributed by atoms with van der Waals surface area (Å²) in [6.45, 7) is 4.84. The fraction of sp³-hybridized carbons (Fsp3) is 0.471. The molecule has 0 radical (unpaired) electrons. The van der Waals surface area contributed by atoms with E-state index < -0.39 is 12.6 Å². The first kappa shape index (κ1) is 18.3. The highest BCUT2D eigenvalue weighted by molar-refractivity contribution is 5.47. The third-order valence-electron chi connectivity index (χ3n) is 3.94. The maximum absolute atomic E-state index is 12.3. The van der Waals surface area contributed by atoms with E-state index >= 15 is 0 Å². The fourth-order valence-corrected chi connectivity index (χ4v) is 2.62. The van der Waals surface area contributed by atoms with Gasteiger partial charge in [0, 0.05) is 29.9 Å². The van der Waals surface area contributed by atoms with Crippen LogP contribution >= 0.6 is 0 Å². The van der Waals surface area contributed by atoms with Crippen molar-refractivity contribution in [3.8, 4) is 0 Å². The fourth-order valence-electron chi connectivity index (χ4n) is 2.62. The molecule has 0 aliphatic carbocycles. The van der Waals surface area contributed by atoms with Crippen molar-refractivity contribution in [2.24, 2.45) is 0 Å². The minimum absolute atomic E-state index is 0.0223. The SMILES string of the molecule is Cc1nn(CCO)c(C)c1CNc1cccc(CCC(F)(F)F)c1. The van der Waals surface area contributed by atoms with Crippen LogP contribution in [-0.4, -0.2) is 27.7 Å². The number of halogens is 3. The Kier molecular flexibility index (Phi) is 5.88. The number of aliphatic hydroxyl groups excluding tert-OH is 1. The second-order valence-corrected chi connectivity index (χ2v) is 5.77. The van der Waals surface area contributed by atoms with Gasteiger partial charge in [0.25, 0.3) is 0 Å². The first-order valence-electron chi connectivity index (χ1n) is 7.83. The molecule has 0 saturated heterocycles. The van der Waals surface area contributed by atoms with E-state index in [1.54, 1.807) is 22.9 Å². The number of aryl methyl sites for hydroxylation is 2. The molecule has 132 valence electrons. The monoisotopic (exact) mass is 341 g/mol. The largest absolute Gasteiger partial charge is 0.394 e. The molecule has 0 saturated carbocycles. The lowest BCUT2D eigenvalue weighted by Crippen LogP contribution is -2.09. The second-order valence-electron chi connectivity index (χ2n) is 5.77. The molecule has 24 heavy (non-hydrogen) atoms. The summed E-state index contributed by atoms with van der Waals surface area (Å²) in [4.78, 5) is 0. The molecule has 1 heterocycles. The van der Waals surface area contributed by atoms with Crippen LogP contribution in [0.5, 0.6) is 0 Å². The summed E-state index contributed by atoms with van der Waals surface area (Å²) in [5, 5.41) is 16.7. The smallest absolute Gasteiger partial charge is 0.389 e. The van der Waals surface area contributed by atoms with Gasteiger partial charge in [-0.1, -0.05) is 12.1 Å². The molecule has 0 aliphatic rings. The molecule has 0 bridgehead atoms. The van der Waals surface area contributed by atoms with Gasteiger partial charge < -0.3 is 10.4 Å². The lowest BCUT2D eigenvalue weighted by Gasteiger charge is -2.10. The minimum atomic E-state index is -4.14. The zero-order valence-electron chi connectivity index (χ0n) is 13.8. The molecule has 0 fully saturated rings. The van der Waals surface area contributed by atoms with Gasteiger partial charge in [-0.25, -0.2) is 0 Å². The summed E-state index contributed by atoms with van der Waals surface area (Å²) in [5.74, 6) is 0. The first-order valence-corrected chi connectivity index (χ1v) is 7.83. The zero-order valence-corrected chi connectivity index (χ0v) is 13.8. The van der Waals surface area contributed by atoms with Crippen LogP contribution in [0.2, 0.25) is 0 Å². The number of hydrogen-bond donors (Lipinski definition) is 2. The molecule has 1 aromatic heterocycles. The Morgan fingerprint density at radius 3 is 2.67 bits per heavy atom. The standard InChI is InChI=1S/C17H22F3N3O/c1-12-16(13(2)23(22-12)8-9-24)11-21-15-5-3-4-14(10-15)6-7-17(18,19)20/h3-5,10,21,24H,6-9,11H2,1-2H3. The van der Waals surface area contributed by atoms with Crippen LogP contribution in [0, 0.1) is 13.8 Å². The zero-order chi connectivity index (χ0) is 17.7. The van der Waals surface area contributed by atoms with Crippen LogP contribution in [0.1, 0.15) is 28.9 Å². The Morgan fingerprint density at radius 1 is 1.25 bits per heavy atom. The number of benzene rings is 1. The van der Waals surface area contributed by atoms with E-state index in [0.717, 1.165) is 22.6 Å². The van der Waals surface area contributed by atoms with Crippen molar-refractivity contribution in [2.75, 3.05) is 11.9 Å². The van der Waals surface area contributed by atoms with Gasteiger partial charge in [0.05, 0.1) is 18.8 Å². The number of hydrogen-bond acceptors (Lipinski definition) is 3. The topological polar surface area (TPSA) is 50.1 Å². The Labute approximate surface area is 139 Å². The molecule has 2 rings (SSSR count). The van der Waals surface area contributed by atoms with Crippen molar-refractivity contribution in [1.29, 1.82) is 0 Å². The van der Waals surface area contributed by atoms with Crippen LogP contribution < -0.4 is 5.32 Å². The molecule has 7 heteroatoms. The highest BCUT2D eigenvalue weighted by Crippen LogP contribution is 2.23. The quantitative estimate of drug-likeness (QED) is 0.809. The average molecular weight is 341 g/mol. The molecule has 0 aliphatic heterocycles. The van der Waals surface area contributed by atoms with Crippen LogP contribution in [0.4, 0.5) is 18.9 Å². The molecule has 1 aromatic carbocycles. The number of nitrogens with one attached hydrogen (secondary N) is 1. The summed E-state index contributed by atoms with van der Waals surface area (Å²) in [6, 6.07) is 7.03.